The summed E-state index contributed by atoms with van der Waals surface area (Å²) in [6, 6.07) is 0. The van der Waals surface area contributed by atoms with Crippen LogP contribution in [0.1, 0.15) is 105 Å². The van der Waals surface area contributed by atoms with E-state index in [0.717, 1.165) is 62.2 Å². The summed E-state index contributed by atoms with van der Waals surface area (Å²) in [5.74, 6) is 3.01. The van der Waals surface area contributed by atoms with Crippen LogP contribution in [0.15, 0.2) is 11.6 Å². The predicted molar refractivity (Wildman–Crippen MR) is 145 cm³/mol. The Morgan fingerprint density at radius 2 is 1.86 bits per heavy atom. The Bertz CT molecular complexity index is 834. The summed E-state index contributed by atoms with van der Waals surface area (Å²) >= 11 is 17.1. The van der Waals surface area contributed by atoms with E-state index in [0.29, 0.717) is 16.7 Å². The van der Waals surface area contributed by atoms with Crippen LogP contribution in [0.5, 0.6) is 0 Å². The van der Waals surface area contributed by atoms with Crippen molar-refractivity contribution in [3.8, 4) is 0 Å². The lowest BCUT2D eigenvalue weighted by molar-refractivity contribution is -0.156. The van der Waals surface area contributed by atoms with Crippen LogP contribution in [0, 0.1) is 40.4 Å². The summed E-state index contributed by atoms with van der Waals surface area (Å²) in [6.45, 7) is 11.3. The van der Waals surface area contributed by atoms with Gasteiger partial charge in [0, 0.05) is 0 Å². The molecule has 0 aliphatic heterocycles. The quantitative estimate of drug-likeness (QED) is 0.206. The Morgan fingerprint density at radius 3 is 2.54 bits per heavy atom. The number of fused-ring (bicyclic) bond motifs is 5. The van der Waals surface area contributed by atoms with Gasteiger partial charge in [-0.15, -0.1) is 0 Å². The average molecular weight is 548 g/mol. The normalized spacial score (nSPS) is 40.3. The summed E-state index contributed by atoms with van der Waals surface area (Å²) in [7, 11) is 0. The van der Waals surface area contributed by atoms with E-state index in [9.17, 15) is 9.90 Å². The van der Waals surface area contributed by atoms with Crippen molar-refractivity contribution in [1.82, 2.24) is 0 Å². The fourth-order valence-corrected chi connectivity index (χ4v) is 9.14. The number of esters is 1. The first kappa shape index (κ1) is 28.1. The second-order valence-electron chi connectivity index (χ2n) is 13.4. The van der Waals surface area contributed by atoms with E-state index in [1.54, 1.807) is 5.57 Å². The number of halogens is 3. The van der Waals surface area contributed by atoms with Crippen LogP contribution in [0.4, 0.5) is 0 Å². The van der Waals surface area contributed by atoms with Crippen LogP contribution in [0.3, 0.4) is 0 Å². The lowest BCUT2D eigenvalue weighted by Gasteiger charge is -2.58. The number of hydrogen-bond donors (Lipinski definition) is 1. The van der Waals surface area contributed by atoms with Gasteiger partial charge in [0.05, 0.1) is 6.10 Å². The van der Waals surface area contributed by atoms with Gasteiger partial charge < -0.3 is 9.84 Å². The largest absolute Gasteiger partial charge is 0.457 e. The molecule has 4 rings (SSSR count). The zero-order chi connectivity index (χ0) is 25.8. The minimum absolute atomic E-state index is 0.132. The SMILES string of the molecule is C[C@H](CCCC(C)(C)OC(=O)C(Cl)(Cl)Cl)[C@H]1CC[C@H]2[C@@H]3CC=C4CC(O)CC[C@]4(C)[C@H]3CC[C@]12C. The highest BCUT2D eigenvalue weighted by Crippen LogP contribution is 2.67. The Hall–Kier alpha value is 0.0400. The topological polar surface area (TPSA) is 46.5 Å². The maximum Gasteiger partial charge on any atom is 0.359 e. The molecular formula is C29H45Cl3O3. The smallest absolute Gasteiger partial charge is 0.359 e. The van der Waals surface area contributed by atoms with E-state index >= 15 is 0 Å². The van der Waals surface area contributed by atoms with Gasteiger partial charge in [-0.3, -0.25) is 0 Å². The molecule has 3 nitrogen and oxygen atoms in total. The molecule has 3 saturated carbocycles. The maximum atomic E-state index is 12.0. The van der Waals surface area contributed by atoms with Crippen molar-refractivity contribution in [1.29, 1.82) is 0 Å². The second-order valence-corrected chi connectivity index (χ2v) is 15.7. The van der Waals surface area contributed by atoms with Crippen molar-refractivity contribution < 1.29 is 14.6 Å². The van der Waals surface area contributed by atoms with Gasteiger partial charge in [-0.2, -0.15) is 0 Å². The van der Waals surface area contributed by atoms with E-state index in [1.807, 2.05) is 13.8 Å². The van der Waals surface area contributed by atoms with Gasteiger partial charge in [0.1, 0.15) is 5.60 Å². The third-order valence-corrected chi connectivity index (χ3v) is 11.3. The van der Waals surface area contributed by atoms with Gasteiger partial charge in [-0.25, -0.2) is 4.79 Å². The maximum absolute atomic E-state index is 12.0. The van der Waals surface area contributed by atoms with Crippen LogP contribution in [-0.2, 0) is 9.53 Å². The molecule has 0 radical (unpaired) electrons. The minimum Gasteiger partial charge on any atom is -0.457 e. The molecule has 4 aliphatic carbocycles. The van der Waals surface area contributed by atoms with Gasteiger partial charge in [0.2, 0.25) is 0 Å². The van der Waals surface area contributed by atoms with E-state index < -0.39 is 15.4 Å². The molecule has 35 heavy (non-hydrogen) atoms. The third-order valence-electron chi connectivity index (χ3n) is 10.9. The molecule has 1 N–H and O–H groups in total. The monoisotopic (exact) mass is 546 g/mol. The number of allylic oxidation sites excluding steroid dienone is 1. The fourth-order valence-electron chi connectivity index (χ4n) is 9.03. The van der Waals surface area contributed by atoms with Crippen molar-refractivity contribution >= 4 is 40.8 Å². The summed E-state index contributed by atoms with van der Waals surface area (Å²) in [4.78, 5) is 12.0. The molecule has 200 valence electrons. The highest BCUT2D eigenvalue weighted by atomic mass is 35.6. The summed E-state index contributed by atoms with van der Waals surface area (Å²) in [6.07, 6.45) is 14.9. The number of carbonyl (C=O) groups excluding carboxylic acids is 1. The molecule has 0 spiro atoms. The Balaban J connectivity index is 1.37. The van der Waals surface area contributed by atoms with E-state index in [2.05, 4.69) is 26.8 Å². The van der Waals surface area contributed by atoms with Crippen molar-refractivity contribution in [2.45, 2.75) is 121 Å². The number of carbonyl (C=O) groups is 1. The van der Waals surface area contributed by atoms with Gasteiger partial charge >= 0.3 is 5.97 Å². The lowest BCUT2D eigenvalue weighted by atomic mass is 9.47. The van der Waals surface area contributed by atoms with E-state index in [4.69, 9.17) is 39.5 Å². The molecule has 3 fully saturated rings. The van der Waals surface area contributed by atoms with Gasteiger partial charge in [0.25, 0.3) is 3.79 Å². The first-order valence-electron chi connectivity index (χ1n) is 13.8. The van der Waals surface area contributed by atoms with Crippen LogP contribution in [0.2, 0.25) is 0 Å². The van der Waals surface area contributed by atoms with Crippen LogP contribution < -0.4 is 0 Å². The average Bonchev–Trinajstić information content (AvgIpc) is 3.10. The van der Waals surface area contributed by atoms with Gasteiger partial charge in [-0.05, 0) is 118 Å². The van der Waals surface area contributed by atoms with Gasteiger partial charge in [0.15, 0.2) is 0 Å². The highest BCUT2D eigenvalue weighted by molar-refractivity contribution is 6.75. The van der Waals surface area contributed by atoms with E-state index in [-0.39, 0.29) is 6.10 Å². The fraction of sp³-hybridized carbons (Fsp3) is 0.897. The molecule has 0 heterocycles. The molecule has 0 aromatic carbocycles. The molecule has 1 unspecified atom stereocenters. The molecule has 8 atom stereocenters. The molecule has 4 aliphatic rings. The number of ether oxygens (including phenoxy) is 1. The van der Waals surface area contributed by atoms with Crippen LogP contribution in [0.25, 0.3) is 0 Å². The molecule has 0 aromatic rings. The van der Waals surface area contributed by atoms with Crippen molar-refractivity contribution in [2.75, 3.05) is 0 Å². The minimum atomic E-state index is -2.03. The molecule has 0 amide bonds. The molecule has 0 saturated heterocycles. The first-order valence-corrected chi connectivity index (χ1v) is 15.0. The number of alkyl halides is 3. The van der Waals surface area contributed by atoms with Gasteiger partial charge in [-0.1, -0.05) is 73.6 Å². The summed E-state index contributed by atoms with van der Waals surface area (Å²) in [5, 5.41) is 10.3. The molecule has 0 aromatic heterocycles. The number of hydrogen-bond acceptors (Lipinski definition) is 3. The lowest BCUT2D eigenvalue weighted by Crippen LogP contribution is -2.50. The number of aliphatic hydroxyl groups excluding tert-OH is 1. The summed E-state index contributed by atoms with van der Waals surface area (Å²) < 4.78 is 3.45. The highest BCUT2D eigenvalue weighted by Gasteiger charge is 2.59. The Labute approximate surface area is 227 Å². The first-order chi connectivity index (χ1) is 16.2. The van der Waals surface area contributed by atoms with Crippen molar-refractivity contribution in [2.24, 2.45) is 40.4 Å². The van der Waals surface area contributed by atoms with Crippen LogP contribution >= 0.6 is 34.8 Å². The Morgan fingerprint density at radius 1 is 1.14 bits per heavy atom. The third kappa shape index (κ3) is 5.45. The predicted octanol–water partition coefficient (Wildman–Crippen LogP) is 8.42. The molecule has 0 bridgehead atoms. The Kier molecular flexibility index (Phi) is 8.00. The summed E-state index contributed by atoms with van der Waals surface area (Å²) in [5.41, 5.74) is 1.65. The second kappa shape index (κ2) is 9.97. The standard InChI is InChI=1S/C29H45Cl3O3/c1-18(7-6-14-26(2,3)35-25(34)29(30,31)32)22-10-11-23-21-9-8-19-17-20(33)12-15-27(19,4)24(21)13-16-28(22,23)5/h8,18,20-24,33H,6-7,9-17H2,1-5H3/t18-,20?,21+,22-,23+,24+,27+,28-/m1/s1. The zero-order valence-electron chi connectivity index (χ0n) is 22.2. The van der Waals surface area contributed by atoms with Crippen molar-refractivity contribution in [3.05, 3.63) is 11.6 Å². The van der Waals surface area contributed by atoms with Crippen molar-refractivity contribution in [3.63, 3.8) is 0 Å². The number of aliphatic hydroxyl groups is 1. The van der Waals surface area contributed by atoms with Crippen LogP contribution in [-0.4, -0.2) is 26.6 Å². The molecular weight excluding hydrogens is 503 g/mol. The zero-order valence-corrected chi connectivity index (χ0v) is 24.5. The molecule has 6 heteroatoms. The number of rotatable bonds is 6. The van der Waals surface area contributed by atoms with E-state index in [1.165, 1.54) is 32.1 Å².